The van der Waals surface area contributed by atoms with Gasteiger partial charge in [0, 0.05) is 25.2 Å². The van der Waals surface area contributed by atoms with E-state index < -0.39 is 0 Å². The smallest absolute Gasteiger partial charge is 0.149 e. The van der Waals surface area contributed by atoms with Crippen LogP contribution in [-0.4, -0.2) is 53.3 Å². The number of anilines is 1. The van der Waals surface area contributed by atoms with Crippen molar-refractivity contribution in [3.63, 3.8) is 0 Å². The van der Waals surface area contributed by atoms with E-state index in [0.29, 0.717) is 17.2 Å². The van der Waals surface area contributed by atoms with Gasteiger partial charge in [-0.2, -0.15) is 0 Å². The molecule has 0 unspecified atom stereocenters. The SMILES string of the molecule is C[C@H](CNc1cncc(Cl)n1)N1CCOC[C@@H]1C. The van der Waals surface area contributed by atoms with E-state index in [9.17, 15) is 0 Å². The molecule has 0 saturated carbocycles. The van der Waals surface area contributed by atoms with Crippen LogP contribution in [0.2, 0.25) is 5.15 Å². The molecule has 0 amide bonds. The average Bonchev–Trinajstić information content (AvgIpc) is 2.37. The quantitative estimate of drug-likeness (QED) is 0.902. The van der Waals surface area contributed by atoms with Crippen LogP contribution in [0.15, 0.2) is 12.4 Å². The Morgan fingerprint density at radius 2 is 2.44 bits per heavy atom. The van der Waals surface area contributed by atoms with Crippen LogP contribution in [0.1, 0.15) is 13.8 Å². The minimum atomic E-state index is 0.410. The average molecular weight is 271 g/mol. The second-order valence-electron chi connectivity index (χ2n) is 4.62. The lowest BCUT2D eigenvalue weighted by Crippen LogP contribution is -2.50. The van der Waals surface area contributed by atoms with Crippen molar-refractivity contribution >= 4 is 17.4 Å². The van der Waals surface area contributed by atoms with Crippen LogP contribution < -0.4 is 5.32 Å². The van der Waals surface area contributed by atoms with E-state index >= 15 is 0 Å². The molecule has 1 aromatic heterocycles. The number of nitrogens with zero attached hydrogens (tertiary/aromatic N) is 3. The predicted octanol–water partition coefficient (Wildman–Crippen LogP) is 1.65. The van der Waals surface area contributed by atoms with Crippen molar-refractivity contribution in [2.75, 3.05) is 31.6 Å². The maximum absolute atomic E-state index is 5.79. The van der Waals surface area contributed by atoms with E-state index in [1.807, 2.05) is 0 Å². The number of halogens is 1. The molecule has 0 aliphatic carbocycles. The normalized spacial score (nSPS) is 22.7. The summed E-state index contributed by atoms with van der Waals surface area (Å²) in [4.78, 5) is 10.6. The lowest BCUT2D eigenvalue weighted by Gasteiger charge is -2.37. The van der Waals surface area contributed by atoms with Gasteiger partial charge < -0.3 is 10.1 Å². The van der Waals surface area contributed by atoms with Gasteiger partial charge in [0.15, 0.2) is 0 Å². The minimum Gasteiger partial charge on any atom is -0.379 e. The van der Waals surface area contributed by atoms with E-state index in [2.05, 4.69) is 34.0 Å². The van der Waals surface area contributed by atoms with Gasteiger partial charge >= 0.3 is 0 Å². The Labute approximate surface area is 113 Å². The molecule has 2 atom stereocenters. The van der Waals surface area contributed by atoms with Gasteiger partial charge in [-0.3, -0.25) is 9.88 Å². The van der Waals surface area contributed by atoms with Crippen molar-refractivity contribution in [3.05, 3.63) is 17.5 Å². The Kier molecular flexibility index (Phi) is 4.74. The molecule has 0 radical (unpaired) electrons. The molecule has 1 fully saturated rings. The van der Waals surface area contributed by atoms with Crippen LogP contribution in [0.25, 0.3) is 0 Å². The van der Waals surface area contributed by atoms with Gasteiger partial charge in [-0.1, -0.05) is 11.6 Å². The molecule has 0 bridgehead atoms. The number of morpholine rings is 1. The molecule has 2 rings (SSSR count). The summed E-state index contributed by atoms with van der Waals surface area (Å²) in [6.07, 6.45) is 3.21. The summed E-state index contributed by atoms with van der Waals surface area (Å²) in [5.74, 6) is 0.718. The molecule has 0 aromatic carbocycles. The molecule has 100 valence electrons. The number of hydrogen-bond donors (Lipinski definition) is 1. The highest BCUT2D eigenvalue weighted by atomic mass is 35.5. The summed E-state index contributed by atoms with van der Waals surface area (Å²) in [6, 6.07) is 0.880. The standard InChI is InChI=1S/C12H19ClN4O/c1-9(17-3-4-18-8-10(17)2)5-15-12-7-14-6-11(13)16-12/h6-7,9-10H,3-5,8H2,1-2H3,(H,15,16)/t9-,10+/m1/s1. The van der Waals surface area contributed by atoms with Gasteiger partial charge in [-0.25, -0.2) is 4.98 Å². The molecular weight excluding hydrogens is 252 g/mol. The first-order valence-electron chi connectivity index (χ1n) is 6.21. The van der Waals surface area contributed by atoms with Gasteiger partial charge in [-0.05, 0) is 13.8 Å². The first kappa shape index (κ1) is 13.5. The second kappa shape index (κ2) is 6.31. The molecule has 0 spiro atoms. The Bertz CT molecular complexity index is 390. The third-order valence-corrected chi connectivity index (χ3v) is 3.35. The molecule has 5 nitrogen and oxygen atoms in total. The zero-order chi connectivity index (χ0) is 13.0. The molecule has 1 saturated heterocycles. The van der Waals surface area contributed by atoms with Gasteiger partial charge in [0.05, 0.1) is 25.6 Å². The van der Waals surface area contributed by atoms with Crippen molar-refractivity contribution in [2.45, 2.75) is 25.9 Å². The van der Waals surface area contributed by atoms with E-state index in [1.54, 1.807) is 6.20 Å². The Morgan fingerprint density at radius 3 is 3.17 bits per heavy atom. The molecule has 1 aliphatic rings. The van der Waals surface area contributed by atoms with E-state index in [4.69, 9.17) is 16.3 Å². The van der Waals surface area contributed by atoms with Crippen LogP contribution in [-0.2, 0) is 4.74 Å². The van der Waals surface area contributed by atoms with Crippen molar-refractivity contribution in [2.24, 2.45) is 0 Å². The van der Waals surface area contributed by atoms with E-state index in [0.717, 1.165) is 32.1 Å². The molecule has 6 heteroatoms. The van der Waals surface area contributed by atoms with Gasteiger partial charge in [0.25, 0.3) is 0 Å². The fourth-order valence-electron chi connectivity index (χ4n) is 2.19. The summed E-state index contributed by atoms with van der Waals surface area (Å²) < 4.78 is 5.44. The van der Waals surface area contributed by atoms with Crippen molar-refractivity contribution in [1.29, 1.82) is 0 Å². The van der Waals surface area contributed by atoms with Gasteiger partial charge in [0.2, 0.25) is 0 Å². The zero-order valence-electron chi connectivity index (χ0n) is 10.8. The molecular formula is C12H19ClN4O. The summed E-state index contributed by atoms with van der Waals surface area (Å²) in [6.45, 7) is 7.80. The van der Waals surface area contributed by atoms with Crippen LogP contribution in [0, 0.1) is 0 Å². The van der Waals surface area contributed by atoms with Crippen molar-refractivity contribution in [1.82, 2.24) is 14.9 Å². The van der Waals surface area contributed by atoms with Gasteiger partial charge in [0.1, 0.15) is 11.0 Å². The third-order valence-electron chi connectivity index (χ3n) is 3.17. The topological polar surface area (TPSA) is 50.3 Å². The van der Waals surface area contributed by atoms with Crippen LogP contribution in [0.5, 0.6) is 0 Å². The van der Waals surface area contributed by atoms with Crippen molar-refractivity contribution < 1.29 is 4.74 Å². The third kappa shape index (κ3) is 3.54. The first-order chi connectivity index (χ1) is 8.66. The Hall–Kier alpha value is -0.910. The lowest BCUT2D eigenvalue weighted by molar-refractivity contribution is -0.0159. The maximum Gasteiger partial charge on any atom is 0.149 e. The number of rotatable bonds is 4. The molecule has 1 N–H and O–H groups in total. The van der Waals surface area contributed by atoms with Crippen LogP contribution in [0.3, 0.4) is 0 Å². The molecule has 18 heavy (non-hydrogen) atoms. The van der Waals surface area contributed by atoms with Crippen LogP contribution in [0.4, 0.5) is 5.82 Å². The Balaban J connectivity index is 1.85. The largest absolute Gasteiger partial charge is 0.379 e. The zero-order valence-corrected chi connectivity index (χ0v) is 11.5. The predicted molar refractivity (Wildman–Crippen MR) is 72.0 cm³/mol. The maximum atomic E-state index is 5.79. The Morgan fingerprint density at radius 1 is 1.61 bits per heavy atom. The fourth-order valence-corrected chi connectivity index (χ4v) is 2.34. The molecule has 2 heterocycles. The number of ether oxygens (including phenoxy) is 1. The summed E-state index contributed by atoms with van der Waals surface area (Å²) in [5.41, 5.74) is 0. The van der Waals surface area contributed by atoms with Crippen LogP contribution >= 0.6 is 11.6 Å². The van der Waals surface area contributed by atoms with Gasteiger partial charge in [-0.15, -0.1) is 0 Å². The lowest BCUT2D eigenvalue weighted by atomic mass is 10.2. The summed E-state index contributed by atoms with van der Waals surface area (Å²) in [7, 11) is 0. The first-order valence-corrected chi connectivity index (χ1v) is 6.59. The van der Waals surface area contributed by atoms with E-state index in [-0.39, 0.29) is 0 Å². The number of hydrogen-bond acceptors (Lipinski definition) is 5. The highest BCUT2D eigenvalue weighted by Crippen LogP contribution is 2.12. The highest BCUT2D eigenvalue weighted by molar-refractivity contribution is 6.29. The molecule has 1 aliphatic heterocycles. The van der Waals surface area contributed by atoms with Crippen molar-refractivity contribution in [3.8, 4) is 0 Å². The summed E-state index contributed by atoms with van der Waals surface area (Å²) in [5, 5.41) is 3.67. The number of aromatic nitrogens is 2. The monoisotopic (exact) mass is 270 g/mol. The fraction of sp³-hybridized carbons (Fsp3) is 0.667. The second-order valence-corrected chi connectivity index (χ2v) is 5.01. The highest BCUT2D eigenvalue weighted by Gasteiger charge is 2.23. The number of nitrogens with one attached hydrogen (secondary N) is 1. The minimum absolute atomic E-state index is 0.410. The van der Waals surface area contributed by atoms with E-state index in [1.165, 1.54) is 6.20 Å². The molecule has 1 aromatic rings. The summed E-state index contributed by atoms with van der Waals surface area (Å²) >= 11 is 5.79.